The molecule has 4 heteroatoms. The van der Waals surface area contributed by atoms with Gasteiger partial charge in [-0.1, -0.05) is 86.5 Å². The van der Waals surface area contributed by atoms with Crippen molar-refractivity contribution in [1.29, 1.82) is 0 Å². The Morgan fingerprint density at radius 2 is 0.935 bits per heavy atom. The molecule has 0 aromatic heterocycles. The smallest absolute Gasteiger partial charge is 0.306 e. The van der Waals surface area contributed by atoms with Gasteiger partial charge in [0.15, 0.2) is 0 Å². The first kappa shape index (κ1) is 29.9. The minimum Gasteiger partial charge on any atom is -0.466 e. The molecule has 0 heterocycles. The van der Waals surface area contributed by atoms with Gasteiger partial charge < -0.3 is 9.47 Å². The number of carbonyl (C=O) groups is 2. The van der Waals surface area contributed by atoms with Crippen molar-refractivity contribution in [1.82, 2.24) is 0 Å². The molecule has 0 amide bonds. The van der Waals surface area contributed by atoms with Gasteiger partial charge in [0.05, 0.1) is 13.2 Å². The summed E-state index contributed by atoms with van der Waals surface area (Å²) in [5, 5.41) is 0. The van der Waals surface area contributed by atoms with E-state index >= 15 is 0 Å². The second-order valence-electron chi connectivity index (χ2n) is 9.91. The summed E-state index contributed by atoms with van der Waals surface area (Å²) in [6.45, 7) is 14.2. The first-order valence-corrected chi connectivity index (χ1v) is 13.1. The summed E-state index contributed by atoms with van der Waals surface area (Å²) >= 11 is 0. The van der Waals surface area contributed by atoms with Crippen molar-refractivity contribution >= 4 is 11.9 Å². The van der Waals surface area contributed by atoms with E-state index in [2.05, 4.69) is 41.5 Å². The predicted molar refractivity (Wildman–Crippen MR) is 130 cm³/mol. The zero-order chi connectivity index (χ0) is 23.5. The van der Waals surface area contributed by atoms with Gasteiger partial charge in [-0.2, -0.15) is 0 Å². The number of unbranched alkanes of at least 4 members (excludes halogenated alkanes) is 6. The quantitative estimate of drug-likeness (QED) is 0.143. The van der Waals surface area contributed by atoms with E-state index in [1.807, 2.05) is 0 Å². The average Bonchev–Trinajstić information content (AvgIpc) is 2.72. The van der Waals surface area contributed by atoms with Crippen LogP contribution in [-0.4, -0.2) is 25.2 Å². The van der Waals surface area contributed by atoms with Gasteiger partial charge in [0, 0.05) is 12.8 Å². The van der Waals surface area contributed by atoms with Crippen molar-refractivity contribution in [2.24, 2.45) is 23.7 Å². The molecule has 0 saturated heterocycles. The fraction of sp³-hybridized carbons (Fsp3) is 0.926. The lowest BCUT2D eigenvalue weighted by atomic mass is 9.88. The Morgan fingerprint density at radius 1 is 0.581 bits per heavy atom. The van der Waals surface area contributed by atoms with E-state index in [-0.39, 0.29) is 11.9 Å². The highest BCUT2D eigenvalue weighted by Crippen LogP contribution is 2.23. The van der Waals surface area contributed by atoms with Gasteiger partial charge >= 0.3 is 11.9 Å². The second-order valence-corrected chi connectivity index (χ2v) is 9.91. The normalized spacial score (nSPS) is 13.4. The Balaban J connectivity index is 3.72. The Morgan fingerprint density at radius 3 is 1.26 bits per heavy atom. The molecule has 184 valence electrons. The fourth-order valence-corrected chi connectivity index (χ4v) is 3.93. The molecule has 0 aromatic rings. The molecule has 0 radical (unpaired) electrons. The van der Waals surface area contributed by atoms with Crippen LogP contribution in [-0.2, 0) is 19.1 Å². The average molecular weight is 441 g/mol. The molecule has 2 unspecified atom stereocenters. The van der Waals surface area contributed by atoms with Crippen LogP contribution >= 0.6 is 0 Å². The van der Waals surface area contributed by atoms with Crippen LogP contribution in [0.4, 0.5) is 0 Å². The standard InChI is InChI=1S/C27H52O4/c1-7-9-16-24(22(3)4)20-26(28)30-18-14-12-11-13-15-19-31-27(29)21-25(23(5)6)17-10-8-2/h22-25H,7-21H2,1-6H3. The van der Waals surface area contributed by atoms with Gasteiger partial charge in [-0.3, -0.25) is 9.59 Å². The third kappa shape index (κ3) is 17.2. The summed E-state index contributed by atoms with van der Waals surface area (Å²) in [5.74, 6) is 1.86. The summed E-state index contributed by atoms with van der Waals surface area (Å²) < 4.78 is 10.9. The zero-order valence-corrected chi connectivity index (χ0v) is 21.5. The van der Waals surface area contributed by atoms with E-state index in [0.29, 0.717) is 49.7 Å². The van der Waals surface area contributed by atoms with Crippen LogP contribution in [0.2, 0.25) is 0 Å². The van der Waals surface area contributed by atoms with Crippen molar-refractivity contribution in [3.05, 3.63) is 0 Å². The van der Waals surface area contributed by atoms with Crippen LogP contribution in [0.5, 0.6) is 0 Å². The summed E-state index contributed by atoms with van der Waals surface area (Å²) in [6.07, 6.45) is 13.1. The maximum atomic E-state index is 12.1. The van der Waals surface area contributed by atoms with Crippen molar-refractivity contribution in [2.75, 3.05) is 13.2 Å². The first-order valence-electron chi connectivity index (χ1n) is 13.1. The lowest BCUT2D eigenvalue weighted by Crippen LogP contribution is -2.17. The molecule has 0 bridgehead atoms. The van der Waals surface area contributed by atoms with Crippen molar-refractivity contribution in [3.63, 3.8) is 0 Å². The molecular weight excluding hydrogens is 388 g/mol. The van der Waals surface area contributed by atoms with E-state index in [0.717, 1.165) is 44.9 Å². The van der Waals surface area contributed by atoms with Crippen LogP contribution in [0.3, 0.4) is 0 Å². The number of hydrogen-bond donors (Lipinski definition) is 0. The van der Waals surface area contributed by atoms with E-state index in [1.54, 1.807) is 0 Å². The molecule has 4 nitrogen and oxygen atoms in total. The van der Waals surface area contributed by atoms with Crippen molar-refractivity contribution < 1.29 is 19.1 Å². The highest BCUT2D eigenvalue weighted by molar-refractivity contribution is 5.70. The molecule has 0 saturated carbocycles. The van der Waals surface area contributed by atoms with E-state index in [1.165, 1.54) is 25.7 Å². The van der Waals surface area contributed by atoms with Gasteiger partial charge in [0.25, 0.3) is 0 Å². The minimum absolute atomic E-state index is 0.0413. The molecule has 31 heavy (non-hydrogen) atoms. The summed E-state index contributed by atoms with van der Waals surface area (Å²) in [5.41, 5.74) is 0. The van der Waals surface area contributed by atoms with E-state index in [4.69, 9.17) is 9.47 Å². The van der Waals surface area contributed by atoms with E-state index in [9.17, 15) is 9.59 Å². The Hall–Kier alpha value is -1.06. The highest BCUT2D eigenvalue weighted by Gasteiger charge is 2.19. The van der Waals surface area contributed by atoms with Gasteiger partial charge in [-0.05, 0) is 49.4 Å². The molecule has 0 aliphatic carbocycles. The van der Waals surface area contributed by atoms with Crippen LogP contribution in [0.25, 0.3) is 0 Å². The molecular formula is C27H52O4. The van der Waals surface area contributed by atoms with Crippen LogP contribution < -0.4 is 0 Å². The fourth-order valence-electron chi connectivity index (χ4n) is 3.93. The van der Waals surface area contributed by atoms with Gasteiger partial charge in [-0.15, -0.1) is 0 Å². The minimum atomic E-state index is -0.0413. The monoisotopic (exact) mass is 440 g/mol. The van der Waals surface area contributed by atoms with Crippen LogP contribution in [0, 0.1) is 23.7 Å². The topological polar surface area (TPSA) is 52.6 Å². The molecule has 0 N–H and O–H groups in total. The largest absolute Gasteiger partial charge is 0.466 e. The Kier molecular flexibility index (Phi) is 18.9. The van der Waals surface area contributed by atoms with Gasteiger partial charge in [0.1, 0.15) is 0 Å². The highest BCUT2D eigenvalue weighted by atomic mass is 16.5. The Labute approximate surface area is 193 Å². The third-order valence-corrected chi connectivity index (χ3v) is 6.42. The molecule has 0 rings (SSSR count). The van der Waals surface area contributed by atoms with Crippen LogP contribution in [0.15, 0.2) is 0 Å². The SMILES string of the molecule is CCCCC(CC(=O)OCCCCCCCOC(=O)CC(CCCC)C(C)C)C(C)C. The Bertz CT molecular complexity index is 405. The molecule has 0 aromatic carbocycles. The predicted octanol–water partition coefficient (Wildman–Crippen LogP) is 7.73. The molecule has 0 aliphatic rings. The van der Waals surface area contributed by atoms with Gasteiger partial charge in [0.2, 0.25) is 0 Å². The summed E-state index contributed by atoms with van der Waals surface area (Å²) in [6, 6.07) is 0. The van der Waals surface area contributed by atoms with Crippen molar-refractivity contribution in [3.8, 4) is 0 Å². The number of hydrogen-bond acceptors (Lipinski definition) is 4. The summed E-state index contributed by atoms with van der Waals surface area (Å²) in [4.78, 5) is 24.1. The lowest BCUT2D eigenvalue weighted by molar-refractivity contribution is -0.146. The van der Waals surface area contributed by atoms with E-state index < -0.39 is 0 Å². The third-order valence-electron chi connectivity index (χ3n) is 6.42. The second kappa shape index (κ2) is 19.6. The molecule has 2 atom stereocenters. The molecule has 0 spiro atoms. The first-order chi connectivity index (χ1) is 14.8. The van der Waals surface area contributed by atoms with Crippen LogP contribution in [0.1, 0.15) is 125 Å². The maximum Gasteiger partial charge on any atom is 0.306 e. The molecule has 0 fully saturated rings. The summed E-state index contributed by atoms with van der Waals surface area (Å²) in [7, 11) is 0. The number of ether oxygens (including phenoxy) is 2. The maximum absolute atomic E-state index is 12.1. The number of rotatable bonds is 20. The van der Waals surface area contributed by atoms with Crippen molar-refractivity contribution in [2.45, 2.75) is 125 Å². The molecule has 0 aliphatic heterocycles. The zero-order valence-electron chi connectivity index (χ0n) is 21.5. The number of carbonyl (C=O) groups excluding carboxylic acids is 2. The lowest BCUT2D eigenvalue weighted by Gasteiger charge is -2.19. The van der Waals surface area contributed by atoms with Gasteiger partial charge in [-0.25, -0.2) is 0 Å². The number of esters is 2.